The lowest BCUT2D eigenvalue weighted by Gasteiger charge is -2.31. The van der Waals surface area contributed by atoms with Gasteiger partial charge in [-0.3, -0.25) is 9.59 Å². The lowest BCUT2D eigenvalue weighted by molar-refractivity contribution is -0.144. The topological polar surface area (TPSA) is 105 Å². The Kier molecular flexibility index (Phi) is 7.20. The van der Waals surface area contributed by atoms with E-state index in [9.17, 15) is 19.5 Å². The number of carboxylic acid groups (broad SMARTS) is 1. The molecule has 3 N–H and O–H groups in total. The Morgan fingerprint density at radius 2 is 1.56 bits per heavy atom. The van der Waals surface area contributed by atoms with Crippen molar-refractivity contribution in [3.8, 4) is 11.1 Å². The van der Waals surface area contributed by atoms with Crippen LogP contribution >= 0.6 is 0 Å². The zero-order valence-electron chi connectivity index (χ0n) is 19.6. The number of benzene rings is 2. The third-order valence-corrected chi connectivity index (χ3v) is 7.26. The predicted octanol–water partition coefficient (Wildman–Crippen LogP) is 4.31. The molecule has 1 saturated carbocycles. The molecule has 1 fully saturated rings. The summed E-state index contributed by atoms with van der Waals surface area (Å²) in [4.78, 5) is 36.8. The highest BCUT2D eigenvalue weighted by Crippen LogP contribution is 2.44. The van der Waals surface area contributed by atoms with Crippen LogP contribution in [0.15, 0.2) is 48.5 Å². The van der Waals surface area contributed by atoms with Crippen LogP contribution in [0.4, 0.5) is 4.79 Å². The fraction of sp³-hybridized carbons (Fsp3) is 0.444. The minimum Gasteiger partial charge on any atom is -0.481 e. The fourth-order valence-electron chi connectivity index (χ4n) is 5.09. The third kappa shape index (κ3) is 4.93. The van der Waals surface area contributed by atoms with Gasteiger partial charge in [0, 0.05) is 18.0 Å². The van der Waals surface area contributed by atoms with Crippen molar-refractivity contribution < 1.29 is 24.2 Å². The molecule has 2 aliphatic carbocycles. The van der Waals surface area contributed by atoms with Crippen LogP contribution in [0, 0.1) is 11.8 Å². The molecule has 2 unspecified atom stereocenters. The molecule has 7 nitrogen and oxygen atoms in total. The number of rotatable bonds is 7. The highest BCUT2D eigenvalue weighted by molar-refractivity contribution is 5.82. The normalized spacial score (nSPS) is 21.0. The van der Waals surface area contributed by atoms with E-state index in [4.69, 9.17) is 4.74 Å². The van der Waals surface area contributed by atoms with Gasteiger partial charge in [0.25, 0.3) is 0 Å². The Morgan fingerprint density at radius 3 is 2.18 bits per heavy atom. The number of carboxylic acids is 1. The van der Waals surface area contributed by atoms with Gasteiger partial charge in [0.2, 0.25) is 5.91 Å². The van der Waals surface area contributed by atoms with Crippen LogP contribution in [0.3, 0.4) is 0 Å². The molecule has 4 rings (SSSR count). The van der Waals surface area contributed by atoms with Gasteiger partial charge in [0.05, 0.1) is 11.8 Å². The molecule has 7 heteroatoms. The van der Waals surface area contributed by atoms with Crippen molar-refractivity contribution in [3.05, 3.63) is 59.7 Å². The molecular weight excluding hydrogens is 432 g/mol. The molecule has 4 atom stereocenters. The Labute approximate surface area is 199 Å². The average Bonchev–Trinajstić information content (AvgIpc) is 3.16. The Bertz CT molecular complexity index is 1020. The summed E-state index contributed by atoms with van der Waals surface area (Å²) in [6.07, 6.45) is 2.41. The first-order chi connectivity index (χ1) is 16.4. The second-order valence-electron chi connectivity index (χ2n) is 9.39. The minimum atomic E-state index is -0.873. The van der Waals surface area contributed by atoms with E-state index < -0.39 is 29.9 Å². The number of aliphatic carboxylic acids is 1. The van der Waals surface area contributed by atoms with Crippen LogP contribution in [0.25, 0.3) is 11.1 Å². The van der Waals surface area contributed by atoms with Crippen LogP contribution in [0.1, 0.15) is 56.6 Å². The second kappa shape index (κ2) is 10.3. The van der Waals surface area contributed by atoms with E-state index in [1.807, 2.05) is 24.3 Å². The van der Waals surface area contributed by atoms with E-state index in [2.05, 4.69) is 34.9 Å². The molecule has 0 heterocycles. The van der Waals surface area contributed by atoms with Gasteiger partial charge < -0.3 is 20.5 Å². The van der Waals surface area contributed by atoms with E-state index in [0.717, 1.165) is 35.1 Å². The summed E-state index contributed by atoms with van der Waals surface area (Å²) in [6.45, 7) is 3.68. The van der Waals surface area contributed by atoms with Crippen molar-refractivity contribution in [1.29, 1.82) is 0 Å². The molecule has 0 bridgehead atoms. The van der Waals surface area contributed by atoms with Gasteiger partial charge in [-0.25, -0.2) is 4.79 Å². The molecule has 2 aromatic rings. The molecule has 34 heavy (non-hydrogen) atoms. The first kappa shape index (κ1) is 23.8. The van der Waals surface area contributed by atoms with Crippen molar-refractivity contribution in [1.82, 2.24) is 10.6 Å². The first-order valence-corrected chi connectivity index (χ1v) is 12.0. The zero-order chi connectivity index (χ0) is 24.2. The third-order valence-electron chi connectivity index (χ3n) is 7.26. The average molecular weight is 465 g/mol. The van der Waals surface area contributed by atoms with Gasteiger partial charge in [-0.15, -0.1) is 0 Å². The summed E-state index contributed by atoms with van der Waals surface area (Å²) in [7, 11) is 0. The van der Waals surface area contributed by atoms with Crippen molar-refractivity contribution in [3.63, 3.8) is 0 Å². The number of hydrogen-bond donors (Lipinski definition) is 3. The molecule has 0 spiro atoms. The number of fused-ring (bicyclic) bond motifs is 3. The number of amides is 2. The summed E-state index contributed by atoms with van der Waals surface area (Å²) >= 11 is 0. The summed E-state index contributed by atoms with van der Waals surface area (Å²) in [5.41, 5.74) is 4.59. The highest BCUT2D eigenvalue weighted by atomic mass is 16.5. The van der Waals surface area contributed by atoms with Crippen LogP contribution in [0.5, 0.6) is 0 Å². The number of alkyl carbamates (subject to hydrolysis) is 1. The Morgan fingerprint density at radius 1 is 0.971 bits per heavy atom. The van der Waals surface area contributed by atoms with E-state index in [-0.39, 0.29) is 24.5 Å². The van der Waals surface area contributed by atoms with Gasteiger partial charge in [0.1, 0.15) is 6.61 Å². The summed E-state index contributed by atoms with van der Waals surface area (Å²) in [5, 5.41) is 15.1. The molecular formula is C27H32N2O5. The number of ether oxygens (including phenoxy) is 1. The standard InChI is InChI=1S/C27H32N2O5/c1-16(25(30)29-24-14-8-7-13-22(24)26(31)32)17(2)28-27(33)34-15-23-20-11-5-3-9-18(20)19-10-4-6-12-21(19)23/h3-6,9-12,16-17,22-24H,7-8,13-15H2,1-2H3,(H,28,33)(H,29,30)(H,31,32)/t16?,17?,22-,24+/m1/s1. The number of carbonyl (C=O) groups is 3. The molecule has 2 amide bonds. The molecule has 2 aliphatic rings. The smallest absolute Gasteiger partial charge is 0.407 e. The van der Waals surface area contributed by atoms with Crippen LogP contribution in [-0.2, 0) is 14.3 Å². The van der Waals surface area contributed by atoms with Crippen LogP contribution < -0.4 is 10.6 Å². The lowest BCUT2D eigenvalue weighted by atomic mass is 9.84. The second-order valence-corrected chi connectivity index (χ2v) is 9.39. The van der Waals surface area contributed by atoms with Gasteiger partial charge in [-0.05, 0) is 42.0 Å². The Hall–Kier alpha value is -3.35. The van der Waals surface area contributed by atoms with E-state index in [1.54, 1.807) is 13.8 Å². The van der Waals surface area contributed by atoms with Crippen molar-refractivity contribution in [2.45, 2.75) is 57.5 Å². The van der Waals surface area contributed by atoms with Crippen molar-refractivity contribution >= 4 is 18.0 Å². The van der Waals surface area contributed by atoms with E-state index in [0.29, 0.717) is 12.8 Å². The summed E-state index contributed by atoms with van der Waals surface area (Å²) < 4.78 is 5.58. The van der Waals surface area contributed by atoms with Gasteiger partial charge in [-0.2, -0.15) is 0 Å². The lowest BCUT2D eigenvalue weighted by Crippen LogP contribution is -2.50. The molecule has 0 aliphatic heterocycles. The monoisotopic (exact) mass is 464 g/mol. The maximum Gasteiger partial charge on any atom is 0.407 e. The predicted molar refractivity (Wildman–Crippen MR) is 128 cm³/mol. The van der Waals surface area contributed by atoms with Gasteiger partial charge in [-0.1, -0.05) is 68.3 Å². The zero-order valence-corrected chi connectivity index (χ0v) is 19.6. The first-order valence-electron chi connectivity index (χ1n) is 12.0. The molecule has 2 aromatic carbocycles. The largest absolute Gasteiger partial charge is 0.481 e. The van der Waals surface area contributed by atoms with Crippen molar-refractivity contribution in [2.24, 2.45) is 11.8 Å². The fourth-order valence-corrected chi connectivity index (χ4v) is 5.09. The van der Waals surface area contributed by atoms with Gasteiger partial charge in [0.15, 0.2) is 0 Å². The SMILES string of the molecule is CC(NC(=O)OCC1c2ccccc2-c2ccccc21)C(C)C(=O)N[C@H]1CCCC[C@H]1C(=O)O. The number of carbonyl (C=O) groups excluding carboxylic acids is 2. The van der Waals surface area contributed by atoms with Crippen LogP contribution in [-0.4, -0.2) is 41.8 Å². The van der Waals surface area contributed by atoms with E-state index in [1.165, 1.54) is 0 Å². The summed E-state index contributed by atoms with van der Waals surface area (Å²) in [5.74, 6) is -2.26. The minimum absolute atomic E-state index is 0.0339. The highest BCUT2D eigenvalue weighted by Gasteiger charge is 2.34. The van der Waals surface area contributed by atoms with Gasteiger partial charge >= 0.3 is 12.1 Å². The number of nitrogens with one attached hydrogen (secondary N) is 2. The van der Waals surface area contributed by atoms with E-state index >= 15 is 0 Å². The molecule has 0 aromatic heterocycles. The molecule has 0 radical (unpaired) electrons. The maximum atomic E-state index is 12.7. The Balaban J connectivity index is 1.32. The molecule has 0 saturated heterocycles. The van der Waals surface area contributed by atoms with Crippen LogP contribution in [0.2, 0.25) is 0 Å². The summed E-state index contributed by atoms with van der Waals surface area (Å²) in [6, 6.07) is 15.4. The van der Waals surface area contributed by atoms with Crippen molar-refractivity contribution in [2.75, 3.05) is 6.61 Å². The molecule has 180 valence electrons. The quantitative estimate of drug-likeness (QED) is 0.566. The number of hydrogen-bond acceptors (Lipinski definition) is 4. The maximum absolute atomic E-state index is 12.7.